The third-order valence-electron chi connectivity index (χ3n) is 5.22. The predicted octanol–water partition coefficient (Wildman–Crippen LogP) is 4.36. The number of likely N-dealkylation sites (tertiary alicyclic amines) is 1. The molecule has 0 aromatic heterocycles. The van der Waals surface area contributed by atoms with Gasteiger partial charge in [0, 0.05) is 25.3 Å². The van der Waals surface area contributed by atoms with E-state index < -0.39 is 0 Å². The molecule has 1 N–H and O–H groups in total. The molecule has 1 saturated heterocycles. The van der Waals surface area contributed by atoms with Crippen LogP contribution in [0.4, 0.5) is 5.69 Å². The van der Waals surface area contributed by atoms with Crippen LogP contribution >= 0.6 is 0 Å². The molecule has 150 valence electrons. The first-order valence-electron chi connectivity index (χ1n) is 10.3. The van der Waals surface area contributed by atoms with E-state index in [0.29, 0.717) is 6.61 Å². The monoisotopic (exact) mass is 380 g/mol. The molecule has 28 heavy (non-hydrogen) atoms. The highest BCUT2D eigenvalue weighted by molar-refractivity contribution is 5.91. The fourth-order valence-electron chi connectivity index (χ4n) is 4.10. The van der Waals surface area contributed by atoms with Gasteiger partial charge in [0.2, 0.25) is 5.91 Å². The van der Waals surface area contributed by atoms with Crippen molar-refractivity contribution in [2.75, 3.05) is 31.6 Å². The summed E-state index contributed by atoms with van der Waals surface area (Å²) >= 11 is 0. The van der Waals surface area contributed by atoms with E-state index in [-0.39, 0.29) is 12.5 Å². The van der Waals surface area contributed by atoms with Gasteiger partial charge in [0.05, 0.1) is 6.61 Å². The Morgan fingerprint density at radius 1 is 1.04 bits per heavy atom. The molecule has 2 aromatic rings. The number of carbonyl (C=O) groups excluding carboxylic acids is 1. The predicted molar refractivity (Wildman–Crippen MR) is 114 cm³/mol. The minimum atomic E-state index is -0.119. The molecule has 0 radical (unpaired) electrons. The zero-order valence-electron chi connectivity index (χ0n) is 17.1. The normalized spacial score (nSPS) is 20.1. The quantitative estimate of drug-likeness (QED) is 0.740. The van der Waals surface area contributed by atoms with Gasteiger partial charge in [-0.15, -0.1) is 0 Å². The van der Waals surface area contributed by atoms with Crippen LogP contribution in [0.15, 0.2) is 54.6 Å². The lowest BCUT2D eigenvalue weighted by Gasteiger charge is -2.35. The number of nitrogens with zero attached hydrogens (tertiary/aromatic N) is 1. The summed E-state index contributed by atoms with van der Waals surface area (Å²) < 4.78 is 5.51. The Bertz CT molecular complexity index is 737. The molecule has 0 bridgehead atoms. The molecule has 1 heterocycles. The van der Waals surface area contributed by atoms with E-state index >= 15 is 0 Å². The average Bonchev–Trinajstić information content (AvgIpc) is 2.67. The zero-order valence-corrected chi connectivity index (χ0v) is 17.1. The standard InChI is InChI=1S/C24H32N2O2/c1-19-13-20(2)16-26(15-19)12-11-21-9-6-10-23(14-21)25-24(27)18-28-17-22-7-4-3-5-8-22/h3-10,14,19-20H,11-13,15-18H2,1-2H3,(H,25,27). The lowest BCUT2D eigenvalue weighted by atomic mass is 9.91. The van der Waals surface area contributed by atoms with E-state index in [4.69, 9.17) is 4.74 Å². The Hall–Kier alpha value is -2.17. The zero-order chi connectivity index (χ0) is 19.8. The van der Waals surface area contributed by atoms with Crippen LogP contribution in [0, 0.1) is 11.8 Å². The molecule has 0 aliphatic carbocycles. The number of rotatable bonds is 8. The second-order valence-corrected chi connectivity index (χ2v) is 8.18. The largest absolute Gasteiger partial charge is 0.367 e. The molecule has 1 aliphatic heterocycles. The highest BCUT2D eigenvalue weighted by atomic mass is 16.5. The first kappa shape index (κ1) is 20.6. The van der Waals surface area contributed by atoms with Crippen molar-refractivity contribution in [1.82, 2.24) is 4.90 Å². The van der Waals surface area contributed by atoms with Gasteiger partial charge in [0.25, 0.3) is 0 Å². The Balaban J connectivity index is 1.43. The maximum absolute atomic E-state index is 12.1. The number of anilines is 1. The van der Waals surface area contributed by atoms with Crippen LogP contribution in [-0.4, -0.2) is 37.0 Å². The maximum atomic E-state index is 12.1. The van der Waals surface area contributed by atoms with E-state index in [0.717, 1.165) is 36.1 Å². The van der Waals surface area contributed by atoms with Gasteiger partial charge in [0.1, 0.15) is 6.61 Å². The third-order valence-corrected chi connectivity index (χ3v) is 5.22. The Morgan fingerprint density at radius 2 is 1.75 bits per heavy atom. The van der Waals surface area contributed by atoms with Crippen molar-refractivity contribution in [2.45, 2.75) is 33.3 Å². The van der Waals surface area contributed by atoms with E-state index in [1.54, 1.807) is 0 Å². The first-order chi connectivity index (χ1) is 13.6. The SMILES string of the molecule is CC1CC(C)CN(CCc2cccc(NC(=O)COCc3ccccc3)c2)C1. The maximum Gasteiger partial charge on any atom is 0.250 e. The van der Waals surface area contributed by atoms with E-state index in [2.05, 4.69) is 36.2 Å². The number of ether oxygens (including phenoxy) is 1. The summed E-state index contributed by atoms with van der Waals surface area (Å²) in [6.45, 7) is 8.66. The number of hydrogen-bond acceptors (Lipinski definition) is 3. The second-order valence-electron chi connectivity index (χ2n) is 8.18. The molecule has 0 spiro atoms. The minimum Gasteiger partial charge on any atom is -0.367 e. The lowest BCUT2D eigenvalue weighted by molar-refractivity contribution is -0.121. The average molecular weight is 381 g/mol. The first-order valence-corrected chi connectivity index (χ1v) is 10.3. The Morgan fingerprint density at radius 3 is 2.50 bits per heavy atom. The molecule has 4 heteroatoms. The lowest BCUT2D eigenvalue weighted by Crippen LogP contribution is -2.39. The van der Waals surface area contributed by atoms with Crippen molar-refractivity contribution in [3.63, 3.8) is 0 Å². The van der Waals surface area contributed by atoms with Gasteiger partial charge in [-0.1, -0.05) is 56.3 Å². The summed E-state index contributed by atoms with van der Waals surface area (Å²) in [7, 11) is 0. The molecule has 2 aromatic carbocycles. The van der Waals surface area contributed by atoms with Crippen LogP contribution < -0.4 is 5.32 Å². The Labute approximate surface area is 168 Å². The number of nitrogens with one attached hydrogen (secondary N) is 1. The van der Waals surface area contributed by atoms with Gasteiger partial charge in [-0.2, -0.15) is 0 Å². The number of hydrogen-bond donors (Lipinski definition) is 1. The minimum absolute atomic E-state index is 0.0582. The van der Waals surface area contributed by atoms with E-state index in [1.165, 1.54) is 25.1 Å². The van der Waals surface area contributed by atoms with E-state index in [1.807, 2.05) is 42.5 Å². The number of carbonyl (C=O) groups is 1. The number of benzene rings is 2. The molecular weight excluding hydrogens is 348 g/mol. The second kappa shape index (κ2) is 10.4. The van der Waals surface area contributed by atoms with Gasteiger partial charge < -0.3 is 15.0 Å². The van der Waals surface area contributed by atoms with Crippen LogP contribution in [0.3, 0.4) is 0 Å². The van der Waals surface area contributed by atoms with Crippen LogP contribution in [-0.2, 0) is 22.6 Å². The smallest absolute Gasteiger partial charge is 0.250 e. The molecule has 2 unspecified atom stereocenters. The third kappa shape index (κ3) is 6.77. The molecule has 0 saturated carbocycles. The number of amides is 1. The van der Waals surface area contributed by atoms with Crippen molar-refractivity contribution in [2.24, 2.45) is 11.8 Å². The fraction of sp³-hybridized carbons (Fsp3) is 0.458. The number of piperidine rings is 1. The summed E-state index contributed by atoms with van der Waals surface area (Å²) in [5.41, 5.74) is 3.17. The van der Waals surface area contributed by atoms with Crippen molar-refractivity contribution in [3.05, 3.63) is 65.7 Å². The van der Waals surface area contributed by atoms with Crippen LogP contribution in [0.5, 0.6) is 0 Å². The van der Waals surface area contributed by atoms with E-state index in [9.17, 15) is 4.79 Å². The summed E-state index contributed by atoms with van der Waals surface area (Å²) in [6.07, 6.45) is 2.35. The molecule has 4 nitrogen and oxygen atoms in total. The summed E-state index contributed by atoms with van der Waals surface area (Å²) in [4.78, 5) is 14.7. The van der Waals surface area contributed by atoms with Gasteiger partial charge in [-0.05, 0) is 47.9 Å². The highest BCUT2D eigenvalue weighted by Crippen LogP contribution is 2.21. The summed E-state index contributed by atoms with van der Waals surface area (Å²) in [6, 6.07) is 18.0. The van der Waals surface area contributed by atoms with Crippen LogP contribution in [0.1, 0.15) is 31.4 Å². The fourth-order valence-corrected chi connectivity index (χ4v) is 4.10. The van der Waals surface area contributed by atoms with Gasteiger partial charge in [-0.25, -0.2) is 0 Å². The summed E-state index contributed by atoms with van der Waals surface area (Å²) in [5, 5.41) is 2.94. The highest BCUT2D eigenvalue weighted by Gasteiger charge is 2.21. The summed E-state index contributed by atoms with van der Waals surface area (Å²) in [5.74, 6) is 1.45. The van der Waals surface area contributed by atoms with Crippen molar-refractivity contribution in [3.8, 4) is 0 Å². The van der Waals surface area contributed by atoms with Gasteiger partial charge in [-0.3, -0.25) is 4.79 Å². The van der Waals surface area contributed by atoms with Gasteiger partial charge in [0.15, 0.2) is 0 Å². The van der Waals surface area contributed by atoms with Crippen molar-refractivity contribution in [1.29, 1.82) is 0 Å². The molecule has 1 fully saturated rings. The Kier molecular flexibility index (Phi) is 7.63. The van der Waals surface area contributed by atoms with Crippen LogP contribution in [0.2, 0.25) is 0 Å². The molecule has 1 aliphatic rings. The molecule has 2 atom stereocenters. The van der Waals surface area contributed by atoms with Crippen molar-refractivity contribution < 1.29 is 9.53 Å². The topological polar surface area (TPSA) is 41.6 Å². The van der Waals surface area contributed by atoms with Gasteiger partial charge >= 0.3 is 0 Å². The van der Waals surface area contributed by atoms with Crippen LogP contribution in [0.25, 0.3) is 0 Å². The molecule has 1 amide bonds. The molecular formula is C24H32N2O2. The molecule has 3 rings (SSSR count). The van der Waals surface area contributed by atoms with Crippen molar-refractivity contribution >= 4 is 11.6 Å².